The summed E-state index contributed by atoms with van der Waals surface area (Å²) in [7, 11) is 0. The first-order chi connectivity index (χ1) is 4.71. The van der Waals surface area contributed by atoms with Crippen molar-refractivity contribution < 1.29 is 20.4 Å². The molecular formula is C7H14O4. The smallest absolute Gasteiger partial charge is 0.170 e. The molecule has 11 heavy (non-hydrogen) atoms. The van der Waals surface area contributed by atoms with E-state index >= 15 is 0 Å². The Morgan fingerprint density at radius 1 is 0.909 bits per heavy atom. The second kappa shape index (κ2) is 1.95. The van der Waals surface area contributed by atoms with E-state index < -0.39 is 17.0 Å². The van der Waals surface area contributed by atoms with Gasteiger partial charge in [-0.25, -0.2) is 0 Å². The largest absolute Gasteiger partial charge is 0.365 e. The van der Waals surface area contributed by atoms with E-state index in [1.807, 2.05) is 0 Å². The molecule has 1 saturated carbocycles. The summed E-state index contributed by atoms with van der Waals surface area (Å²) >= 11 is 0. The van der Waals surface area contributed by atoms with E-state index in [9.17, 15) is 20.4 Å². The van der Waals surface area contributed by atoms with E-state index in [0.717, 1.165) is 0 Å². The topological polar surface area (TPSA) is 80.9 Å². The molecule has 1 fully saturated rings. The second-order valence-corrected chi connectivity index (χ2v) is 3.62. The second-order valence-electron chi connectivity index (χ2n) is 3.62. The maximum atomic E-state index is 9.18. The van der Waals surface area contributed by atoms with E-state index in [1.54, 1.807) is 0 Å². The lowest BCUT2D eigenvalue weighted by atomic mass is 9.88. The van der Waals surface area contributed by atoms with Gasteiger partial charge in [0.25, 0.3) is 0 Å². The standard InChI is InChI=1S/C7H14O4/c1-5(8,9)7(3-4-7)6(2,10)11/h8-11H,3-4H2,1-2H3. The Labute approximate surface area is 65.1 Å². The highest BCUT2D eigenvalue weighted by atomic mass is 16.5. The molecule has 0 aromatic heterocycles. The van der Waals surface area contributed by atoms with Gasteiger partial charge in [-0.15, -0.1) is 0 Å². The molecule has 1 aliphatic carbocycles. The molecule has 0 saturated heterocycles. The van der Waals surface area contributed by atoms with Gasteiger partial charge in [0, 0.05) is 0 Å². The Hall–Kier alpha value is -0.160. The summed E-state index contributed by atoms with van der Waals surface area (Å²) in [6, 6.07) is 0. The molecule has 1 rings (SSSR count). The molecule has 0 amide bonds. The first-order valence-electron chi connectivity index (χ1n) is 3.60. The van der Waals surface area contributed by atoms with Gasteiger partial charge in [0.15, 0.2) is 11.6 Å². The Morgan fingerprint density at radius 2 is 1.18 bits per heavy atom. The van der Waals surface area contributed by atoms with E-state index in [0.29, 0.717) is 12.8 Å². The van der Waals surface area contributed by atoms with Gasteiger partial charge >= 0.3 is 0 Å². The minimum Gasteiger partial charge on any atom is -0.365 e. The Kier molecular flexibility index (Phi) is 1.59. The highest BCUT2D eigenvalue weighted by molar-refractivity contribution is 5.07. The molecule has 1 aliphatic rings. The molecule has 66 valence electrons. The van der Waals surface area contributed by atoms with Crippen LogP contribution in [0.25, 0.3) is 0 Å². The maximum absolute atomic E-state index is 9.18. The normalized spacial score (nSPS) is 23.5. The first-order valence-corrected chi connectivity index (χ1v) is 3.60. The van der Waals surface area contributed by atoms with Crippen molar-refractivity contribution in [3.63, 3.8) is 0 Å². The van der Waals surface area contributed by atoms with E-state index in [4.69, 9.17) is 0 Å². The first kappa shape index (κ1) is 8.93. The molecule has 4 heteroatoms. The van der Waals surface area contributed by atoms with Crippen molar-refractivity contribution in [3.05, 3.63) is 0 Å². The third-order valence-corrected chi connectivity index (χ3v) is 2.56. The van der Waals surface area contributed by atoms with E-state index in [-0.39, 0.29) is 0 Å². The Balaban J connectivity index is 2.85. The molecule has 4 N–H and O–H groups in total. The molecule has 0 unspecified atom stereocenters. The monoisotopic (exact) mass is 162 g/mol. The summed E-state index contributed by atoms with van der Waals surface area (Å²) < 4.78 is 0. The minimum absolute atomic E-state index is 0.431. The van der Waals surface area contributed by atoms with Gasteiger partial charge in [-0.05, 0) is 26.7 Å². The van der Waals surface area contributed by atoms with Gasteiger partial charge in [0.1, 0.15) is 0 Å². The van der Waals surface area contributed by atoms with Crippen LogP contribution in [-0.4, -0.2) is 32.0 Å². The average molecular weight is 162 g/mol. The van der Waals surface area contributed by atoms with Crippen LogP contribution < -0.4 is 0 Å². The zero-order valence-electron chi connectivity index (χ0n) is 6.70. The fraction of sp³-hybridized carbons (Fsp3) is 1.00. The number of hydrogen-bond donors (Lipinski definition) is 4. The van der Waals surface area contributed by atoms with Crippen LogP contribution in [0.15, 0.2) is 0 Å². The molecule has 0 bridgehead atoms. The van der Waals surface area contributed by atoms with Crippen LogP contribution in [0.3, 0.4) is 0 Å². The quantitative estimate of drug-likeness (QED) is 0.399. The van der Waals surface area contributed by atoms with Crippen molar-refractivity contribution in [3.8, 4) is 0 Å². The zero-order valence-corrected chi connectivity index (χ0v) is 6.70. The van der Waals surface area contributed by atoms with Crippen molar-refractivity contribution in [2.24, 2.45) is 5.41 Å². The lowest BCUT2D eigenvalue weighted by molar-refractivity contribution is -0.301. The van der Waals surface area contributed by atoms with Crippen molar-refractivity contribution in [1.82, 2.24) is 0 Å². The summed E-state index contributed by atoms with van der Waals surface area (Å²) in [5.74, 6) is -4.02. The predicted molar refractivity (Wildman–Crippen MR) is 37.4 cm³/mol. The van der Waals surface area contributed by atoms with E-state index in [1.165, 1.54) is 13.8 Å². The van der Waals surface area contributed by atoms with Gasteiger partial charge in [-0.3, -0.25) is 0 Å². The third kappa shape index (κ3) is 1.16. The van der Waals surface area contributed by atoms with Crippen molar-refractivity contribution in [2.75, 3.05) is 0 Å². The molecule has 0 spiro atoms. The minimum atomic E-state index is -2.01. The molecule has 0 radical (unpaired) electrons. The molecule has 0 aromatic carbocycles. The van der Waals surface area contributed by atoms with Crippen molar-refractivity contribution >= 4 is 0 Å². The molecule has 0 atom stereocenters. The fourth-order valence-corrected chi connectivity index (χ4v) is 1.52. The van der Waals surface area contributed by atoms with Crippen LogP contribution in [0.4, 0.5) is 0 Å². The molecule has 0 aliphatic heterocycles. The van der Waals surface area contributed by atoms with Crippen LogP contribution in [0.1, 0.15) is 26.7 Å². The van der Waals surface area contributed by atoms with Gasteiger partial charge in [0.2, 0.25) is 0 Å². The lowest BCUT2D eigenvalue weighted by Gasteiger charge is -2.35. The molecule has 0 heterocycles. The molecule has 0 aromatic rings. The van der Waals surface area contributed by atoms with Crippen LogP contribution >= 0.6 is 0 Å². The highest BCUT2D eigenvalue weighted by Gasteiger charge is 2.66. The molecular weight excluding hydrogens is 148 g/mol. The summed E-state index contributed by atoms with van der Waals surface area (Å²) in [6.45, 7) is 2.34. The number of hydrogen-bond acceptors (Lipinski definition) is 4. The number of aliphatic hydroxyl groups is 4. The average Bonchev–Trinajstić information content (AvgIpc) is 2.31. The predicted octanol–water partition coefficient (Wildman–Crippen LogP) is -0.832. The zero-order chi connectivity index (χ0) is 8.91. The third-order valence-electron chi connectivity index (χ3n) is 2.56. The molecule has 4 nitrogen and oxygen atoms in total. The van der Waals surface area contributed by atoms with Crippen molar-refractivity contribution in [2.45, 2.75) is 38.3 Å². The number of rotatable bonds is 2. The lowest BCUT2D eigenvalue weighted by Crippen LogP contribution is -2.50. The van der Waals surface area contributed by atoms with Gasteiger partial charge in [-0.1, -0.05) is 0 Å². The summed E-state index contributed by atoms with van der Waals surface area (Å²) in [6.07, 6.45) is 0.861. The SMILES string of the molecule is CC(O)(O)C1(C(C)(O)O)CC1. The summed E-state index contributed by atoms with van der Waals surface area (Å²) in [5.41, 5.74) is -1.15. The van der Waals surface area contributed by atoms with Crippen molar-refractivity contribution in [1.29, 1.82) is 0 Å². The van der Waals surface area contributed by atoms with Crippen LogP contribution in [0, 0.1) is 5.41 Å². The van der Waals surface area contributed by atoms with Crippen LogP contribution in [-0.2, 0) is 0 Å². The van der Waals surface area contributed by atoms with E-state index in [2.05, 4.69) is 0 Å². The maximum Gasteiger partial charge on any atom is 0.170 e. The fourth-order valence-electron chi connectivity index (χ4n) is 1.52. The summed E-state index contributed by atoms with van der Waals surface area (Å²) in [4.78, 5) is 0. The summed E-state index contributed by atoms with van der Waals surface area (Å²) in [5, 5.41) is 36.7. The van der Waals surface area contributed by atoms with Gasteiger partial charge in [-0.2, -0.15) is 0 Å². The highest BCUT2D eigenvalue weighted by Crippen LogP contribution is 2.59. The Bertz CT molecular complexity index is 142. The van der Waals surface area contributed by atoms with Gasteiger partial charge < -0.3 is 20.4 Å². The van der Waals surface area contributed by atoms with Crippen LogP contribution in [0.5, 0.6) is 0 Å². The van der Waals surface area contributed by atoms with Crippen LogP contribution in [0.2, 0.25) is 0 Å². The van der Waals surface area contributed by atoms with Gasteiger partial charge in [0.05, 0.1) is 5.41 Å². The Morgan fingerprint density at radius 3 is 1.18 bits per heavy atom.